The Labute approximate surface area is 91.3 Å². The van der Waals surface area contributed by atoms with E-state index in [1.165, 1.54) is 0 Å². The van der Waals surface area contributed by atoms with Crippen molar-refractivity contribution in [3.8, 4) is 11.5 Å². The molecule has 0 aliphatic carbocycles. The predicted molar refractivity (Wildman–Crippen MR) is 58.6 cm³/mol. The smallest absolute Gasteiger partial charge is 0.290 e. The van der Waals surface area contributed by atoms with Gasteiger partial charge in [-0.1, -0.05) is 11.6 Å². The summed E-state index contributed by atoms with van der Waals surface area (Å²) in [6, 6.07) is 10.1. The van der Waals surface area contributed by atoms with Crippen LogP contribution in [0.1, 0.15) is 0 Å². The van der Waals surface area contributed by atoms with Gasteiger partial charge in [-0.2, -0.15) is 0 Å². The molecule has 0 atom stereocenters. The fourth-order valence-corrected chi connectivity index (χ4v) is 1.24. The average Bonchev–Trinajstić information content (AvgIpc) is 2.25. The van der Waals surface area contributed by atoms with Gasteiger partial charge in [-0.05, 0) is 36.4 Å². The van der Waals surface area contributed by atoms with E-state index in [1.54, 1.807) is 42.6 Å². The summed E-state index contributed by atoms with van der Waals surface area (Å²) in [6.45, 7) is 0. The lowest BCUT2D eigenvalue weighted by atomic mass is 10.3. The molecule has 0 radical (unpaired) electrons. The second-order valence-electron chi connectivity index (χ2n) is 2.92. The van der Waals surface area contributed by atoms with Crippen LogP contribution in [-0.2, 0) is 0 Å². The first-order chi connectivity index (χ1) is 7.25. The molecule has 1 N–H and O–H groups in total. The molecule has 15 heavy (non-hydrogen) atoms. The number of H-pyrrole nitrogens is 1. The summed E-state index contributed by atoms with van der Waals surface area (Å²) in [5, 5.41) is 0.629. The van der Waals surface area contributed by atoms with E-state index in [4.69, 9.17) is 16.3 Å². The van der Waals surface area contributed by atoms with Gasteiger partial charge in [0, 0.05) is 11.2 Å². The normalized spacial score (nSPS) is 9.93. The monoisotopic (exact) mass is 221 g/mol. The van der Waals surface area contributed by atoms with E-state index in [1.807, 2.05) is 0 Å². The zero-order valence-corrected chi connectivity index (χ0v) is 8.49. The van der Waals surface area contributed by atoms with Crippen LogP contribution in [0.2, 0.25) is 5.02 Å². The van der Waals surface area contributed by atoms with Crippen molar-refractivity contribution in [2.75, 3.05) is 0 Å². The minimum atomic E-state index is -0.257. The topological polar surface area (TPSA) is 42.1 Å². The van der Waals surface area contributed by atoms with Crippen LogP contribution in [0.4, 0.5) is 0 Å². The predicted octanol–water partition coefficient (Wildman–Crippen LogP) is 2.82. The zero-order chi connectivity index (χ0) is 10.7. The number of rotatable bonds is 2. The third-order valence-electron chi connectivity index (χ3n) is 1.82. The van der Waals surface area contributed by atoms with E-state index >= 15 is 0 Å². The summed E-state index contributed by atoms with van der Waals surface area (Å²) in [5.74, 6) is 0.843. The van der Waals surface area contributed by atoms with E-state index in [-0.39, 0.29) is 11.3 Å². The number of hydrogen-bond donors (Lipinski definition) is 1. The Balaban J connectivity index is 2.26. The molecular weight excluding hydrogens is 214 g/mol. The van der Waals surface area contributed by atoms with Crippen molar-refractivity contribution < 1.29 is 4.74 Å². The minimum Gasteiger partial charge on any atom is -0.452 e. The summed E-state index contributed by atoms with van der Waals surface area (Å²) in [4.78, 5) is 13.8. The number of hydrogen-bond acceptors (Lipinski definition) is 2. The standard InChI is InChI=1S/C11H8ClNO2/c12-8-3-5-9(6-4-8)15-10-2-1-7-13-11(10)14/h1-7H,(H,13,14). The molecule has 1 aromatic heterocycles. The van der Waals surface area contributed by atoms with Crippen LogP contribution >= 0.6 is 11.6 Å². The van der Waals surface area contributed by atoms with Gasteiger partial charge >= 0.3 is 0 Å². The van der Waals surface area contributed by atoms with Crippen LogP contribution in [-0.4, -0.2) is 4.98 Å². The molecule has 3 nitrogen and oxygen atoms in total. The Kier molecular flexibility index (Phi) is 2.74. The largest absolute Gasteiger partial charge is 0.452 e. The zero-order valence-electron chi connectivity index (χ0n) is 7.74. The van der Waals surface area contributed by atoms with E-state index < -0.39 is 0 Å². The highest BCUT2D eigenvalue weighted by molar-refractivity contribution is 6.30. The number of halogens is 1. The molecule has 0 spiro atoms. The highest BCUT2D eigenvalue weighted by Gasteiger charge is 2.00. The maximum Gasteiger partial charge on any atom is 0.290 e. The molecule has 0 bridgehead atoms. The first-order valence-corrected chi connectivity index (χ1v) is 4.74. The average molecular weight is 222 g/mol. The fraction of sp³-hybridized carbons (Fsp3) is 0. The molecule has 1 aromatic carbocycles. The first kappa shape index (κ1) is 9.80. The quantitative estimate of drug-likeness (QED) is 0.847. The van der Waals surface area contributed by atoms with Gasteiger partial charge in [0.1, 0.15) is 5.75 Å². The van der Waals surface area contributed by atoms with Gasteiger partial charge in [-0.15, -0.1) is 0 Å². The van der Waals surface area contributed by atoms with E-state index in [9.17, 15) is 4.79 Å². The molecule has 2 aromatic rings. The number of aromatic nitrogens is 1. The van der Waals surface area contributed by atoms with Gasteiger partial charge in [0.05, 0.1) is 0 Å². The Morgan fingerprint density at radius 1 is 1.13 bits per heavy atom. The lowest BCUT2D eigenvalue weighted by Crippen LogP contribution is -2.06. The molecule has 0 aliphatic heterocycles. The van der Waals surface area contributed by atoms with Crippen LogP contribution < -0.4 is 10.3 Å². The lowest BCUT2D eigenvalue weighted by Gasteiger charge is -2.03. The number of benzene rings is 1. The van der Waals surface area contributed by atoms with Crippen LogP contribution in [0.5, 0.6) is 11.5 Å². The number of nitrogens with one attached hydrogen (secondary N) is 1. The third-order valence-corrected chi connectivity index (χ3v) is 2.08. The van der Waals surface area contributed by atoms with Crippen molar-refractivity contribution in [3.63, 3.8) is 0 Å². The summed E-state index contributed by atoms with van der Waals surface area (Å²) >= 11 is 5.72. The van der Waals surface area contributed by atoms with Gasteiger partial charge < -0.3 is 9.72 Å². The SMILES string of the molecule is O=c1[nH]cccc1Oc1ccc(Cl)cc1. The van der Waals surface area contributed by atoms with Gasteiger partial charge in [0.2, 0.25) is 0 Å². The highest BCUT2D eigenvalue weighted by atomic mass is 35.5. The Hall–Kier alpha value is -1.74. The summed E-state index contributed by atoms with van der Waals surface area (Å²) in [6.07, 6.45) is 1.55. The number of ether oxygens (including phenoxy) is 1. The van der Waals surface area contributed by atoms with Crippen LogP contribution in [0.25, 0.3) is 0 Å². The van der Waals surface area contributed by atoms with E-state index in [0.717, 1.165) is 0 Å². The Morgan fingerprint density at radius 3 is 2.53 bits per heavy atom. The molecule has 0 amide bonds. The molecule has 0 unspecified atom stereocenters. The Bertz CT molecular complexity index is 504. The van der Waals surface area contributed by atoms with Gasteiger partial charge in [0.25, 0.3) is 5.56 Å². The molecule has 0 saturated carbocycles. The molecule has 0 saturated heterocycles. The molecule has 2 rings (SSSR count). The van der Waals surface area contributed by atoms with Gasteiger partial charge in [-0.3, -0.25) is 4.79 Å². The third kappa shape index (κ3) is 2.39. The van der Waals surface area contributed by atoms with E-state index in [0.29, 0.717) is 10.8 Å². The summed E-state index contributed by atoms with van der Waals surface area (Å²) < 4.78 is 5.36. The van der Waals surface area contributed by atoms with Gasteiger partial charge in [0.15, 0.2) is 5.75 Å². The highest BCUT2D eigenvalue weighted by Crippen LogP contribution is 2.19. The van der Waals surface area contributed by atoms with Crippen LogP contribution in [0, 0.1) is 0 Å². The van der Waals surface area contributed by atoms with Crippen LogP contribution in [0.3, 0.4) is 0 Å². The molecule has 1 heterocycles. The maximum absolute atomic E-state index is 11.3. The second kappa shape index (κ2) is 4.19. The van der Waals surface area contributed by atoms with Crippen molar-refractivity contribution in [1.82, 2.24) is 4.98 Å². The summed E-state index contributed by atoms with van der Waals surface area (Å²) in [7, 11) is 0. The first-order valence-electron chi connectivity index (χ1n) is 4.37. The van der Waals surface area contributed by atoms with Crippen molar-refractivity contribution in [3.05, 3.63) is 58.0 Å². The fourth-order valence-electron chi connectivity index (χ4n) is 1.12. The molecular formula is C11H8ClNO2. The number of aromatic amines is 1. The van der Waals surface area contributed by atoms with Crippen molar-refractivity contribution in [2.24, 2.45) is 0 Å². The second-order valence-corrected chi connectivity index (χ2v) is 3.36. The minimum absolute atomic E-state index is 0.257. The lowest BCUT2D eigenvalue weighted by molar-refractivity contribution is 0.475. The number of pyridine rings is 1. The van der Waals surface area contributed by atoms with E-state index in [2.05, 4.69) is 4.98 Å². The van der Waals surface area contributed by atoms with Gasteiger partial charge in [-0.25, -0.2) is 0 Å². The maximum atomic E-state index is 11.3. The molecule has 76 valence electrons. The van der Waals surface area contributed by atoms with Crippen molar-refractivity contribution in [2.45, 2.75) is 0 Å². The summed E-state index contributed by atoms with van der Waals surface area (Å²) in [5.41, 5.74) is -0.257. The Morgan fingerprint density at radius 2 is 1.87 bits per heavy atom. The molecule has 0 aliphatic rings. The van der Waals surface area contributed by atoms with Crippen molar-refractivity contribution in [1.29, 1.82) is 0 Å². The van der Waals surface area contributed by atoms with Crippen LogP contribution in [0.15, 0.2) is 47.4 Å². The molecule has 0 fully saturated rings. The van der Waals surface area contributed by atoms with Crippen molar-refractivity contribution >= 4 is 11.6 Å². The molecule has 4 heteroatoms.